The topological polar surface area (TPSA) is 102 Å². The molecule has 0 aliphatic carbocycles. The van der Waals surface area contributed by atoms with Gasteiger partial charge in [0.15, 0.2) is 11.5 Å². The molecule has 4 aromatic rings. The zero-order valence-corrected chi connectivity index (χ0v) is 18.6. The van der Waals surface area contributed by atoms with Crippen molar-refractivity contribution in [2.75, 3.05) is 14.2 Å². The Morgan fingerprint density at radius 2 is 1.79 bits per heavy atom. The number of ether oxygens (including phenoxy) is 2. The Balaban J connectivity index is 1.67. The molecule has 0 unspecified atom stereocenters. The molecule has 2 N–H and O–H groups in total. The first-order chi connectivity index (χ1) is 15.9. The minimum Gasteiger partial charge on any atom is -0.493 e. The van der Waals surface area contributed by atoms with E-state index in [1.807, 2.05) is 6.07 Å². The van der Waals surface area contributed by atoms with Gasteiger partial charge in [0, 0.05) is 23.2 Å². The third-order valence-corrected chi connectivity index (χ3v) is 5.36. The van der Waals surface area contributed by atoms with Gasteiger partial charge in [0.2, 0.25) is 0 Å². The van der Waals surface area contributed by atoms with Gasteiger partial charge in [0.25, 0.3) is 11.5 Å². The summed E-state index contributed by atoms with van der Waals surface area (Å²) in [5, 5.41) is 3.64. The molecule has 4 rings (SSSR count). The van der Waals surface area contributed by atoms with E-state index in [4.69, 9.17) is 21.1 Å². The molecular weight excluding hydrogens is 446 g/mol. The average Bonchev–Trinajstić information content (AvgIpc) is 2.82. The number of aromatic nitrogens is 2. The first-order valence-electron chi connectivity index (χ1n) is 9.95. The zero-order valence-electron chi connectivity index (χ0n) is 17.8. The standard InChI is InChI=1S/C24H20ClN3O5/c1-32-20-9-7-17(12-21(20)33-2)28-23(30)18-8-6-15(11-19(18)27-24(28)31)22(29)26-13-14-4-3-5-16(25)10-14/h3-12H,13H2,1-2H3,(H,26,29)(H,27,31). The highest BCUT2D eigenvalue weighted by Crippen LogP contribution is 2.28. The number of rotatable bonds is 6. The molecule has 0 saturated carbocycles. The Bertz CT molecular complexity index is 1480. The highest BCUT2D eigenvalue weighted by molar-refractivity contribution is 6.30. The van der Waals surface area contributed by atoms with Crippen LogP contribution < -0.4 is 26.0 Å². The summed E-state index contributed by atoms with van der Waals surface area (Å²) in [6.07, 6.45) is 0. The maximum absolute atomic E-state index is 13.1. The van der Waals surface area contributed by atoms with Crippen LogP contribution in [0, 0.1) is 0 Å². The van der Waals surface area contributed by atoms with Crippen molar-refractivity contribution in [2.24, 2.45) is 0 Å². The van der Waals surface area contributed by atoms with Crippen LogP contribution in [0.2, 0.25) is 5.02 Å². The van der Waals surface area contributed by atoms with Gasteiger partial charge in [-0.25, -0.2) is 9.36 Å². The van der Waals surface area contributed by atoms with Crippen molar-refractivity contribution < 1.29 is 14.3 Å². The molecule has 168 valence electrons. The summed E-state index contributed by atoms with van der Waals surface area (Å²) in [6.45, 7) is 0.287. The number of hydrogen-bond acceptors (Lipinski definition) is 5. The Kier molecular flexibility index (Phi) is 6.19. The lowest BCUT2D eigenvalue weighted by molar-refractivity contribution is 0.0951. The number of H-pyrrole nitrogens is 1. The lowest BCUT2D eigenvalue weighted by Crippen LogP contribution is -2.33. The number of amides is 1. The summed E-state index contributed by atoms with van der Waals surface area (Å²) >= 11 is 5.97. The van der Waals surface area contributed by atoms with Gasteiger partial charge in [-0.1, -0.05) is 23.7 Å². The lowest BCUT2D eigenvalue weighted by Gasteiger charge is -2.11. The van der Waals surface area contributed by atoms with E-state index in [0.717, 1.165) is 10.1 Å². The summed E-state index contributed by atoms with van der Waals surface area (Å²) in [5.41, 5.74) is 0.579. The van der Waals surface area contributed by atoms with Crippen molar-refractivity contribution in [3.8, 4) is 17.2 Å². The molecule has 0 atom stereocenters. The predicted molar refractivity (Wildman–Crippen MR) is 126 cm³/mol. The number of nitrogens with one attached hydrogen (secondary N) is 2. The van der Waals surface area contributed by atoms with Crippen LogP contribution in [0.15, 0.2) is 70.3 Å². The smallest absolute Gasteiger partial charge is 0.333 e. The SMILES string of the molecule is COc1ccc(-n2c(=O)[nH]c3cc(C(=O)NCc4cccc(Cl)c4)ccc3c2=O)cc1OC. The monoisotopic (exact) mass is 465 g/mol. The van der Waals surface area contributed by atoms with Crippen molar-refractivity contribution in [2.45, 2.75) is 6.54 Å². The number of benzene rings is 3. The van der Waals surface area contributed by atoms with E-state index >= 15 is 0 Å². The molecule has 0 radical (unpaired) electrons. The largest absolute Gasteiger partial charge is 0.493 e. The van der Waals surface area contributed by atoms with Crippen LogP contribution in [0.25, 0.3) is 16.6 Å². The second kappa shape index (κ2) is 9.22. The van der Waals surface area contributed by atoms with Gasteiger partial charge in [-0.3, -0.25) is 9.59 Å². The van der Waals surface area contributed by atoms with Gasteiger partial charge >= 0.3 is 5.69 Å². The fourth-order valence-corrected chi connectivity index (χ4v) is 3.70. The minimum absolute atomic E-state index is 0.260. The molecule has 0 bridgehead atoms. The molecule has 0 aliphatic heterocycles. The molecule has 1 heterocycles. The number of nitrogens with zero attached hydrogens (tertiary/aromatic N) is 1. The van der Waals surface area contributed by atoms with Crippen LogP contribution in [-0.4, -0.2) is 29.7 Å². The molecule has 9 heteroatoms. The Hall–Kier alpha value is -4.04. The molecular formula is C24H20ClN3O5. The Morgan fingerprint density at radius 3 is 2.52 bits per heavy atom. The predicted octanol–water partition coefficient (Wildman–Crippen LogP) is 3.28. The number of methoxy groups -OCH3 is 2. The van der Waals surface area contributed by atoms with E-state index in [1.54, 1.807) is 36.4 Å². The maximum Gasteiger partial charge on any atom is 0.333 e. The molecule has 1 aromatic heterocycles. The molecule has 0 saturated heterocycles. The van der Waals surface area contributed by atoms with Crippen LogP contribution in [0.4, 0.5) is 0 Å². The van der Waals surface area contributed by atoms with E-state index in [-0.39, 0.29) is 23.4 Å². The first-order valence-corrected chi connectivity index (χ1v) is 10.3. The van der Waals surface area contributed by atoms with Gasteiger partial charge in [-0.05, 0) is 48.0 Å². The number of fused-ring (bicyclic) bond motifs is 1. The summed E-state index contributed by atoms with van der Waals surface area (Å²) in [6, 6.07) is 16.4. The number of carbonyl (C=O) groups is 1. The number of halogens is 1. The lowest BCUT2D eigenvalue weighted by atomic mass is 10.1. The van der Waals surface area contributed by atoms with Crippen molar-refractivity contribution >= 4 is 28.4 Å². The van der Waals surface area contributed by atoms with Crippen LogP contribution in [0.3, 0.4) is 0 Å². The number of carbonyl (C=O) groups excluding carboxylic acids is 1. The Labute approximate surface area is 193 Å². The fraction of sp³-hybridized carbons (Fsp3) is 0.125. The average molecular weight is 466 g/mol. The van der Waals surface area contributed by atoms with Gasteiger partial charge < -0.3 is 19.8 Å². The molecule has 0 spiro atoms. The summed E-state index contributed by atoms with van der Waals surface area (Å²) in [4.78, 5) is 41.1. The maximum atomic E-state index is 13.1. The molecule has 33 heavy (non-hydrogen) atoms. The minimum atomic E-state index is -0.642. The number of aromatic amines is 1. The van der Waals surface area contributed by atoms with E-state index in [1.165, 1.54) is 32.4 Å². The van der Waals surface area contributed by atoms with E-state index < -0.39 is 11.2 Å². The molecule has 0 fully saturated rings. The first kappa shape index (κ1) is 22.2. The van der Waals surface area contributed by atoms with Gasteiger partial charge in [-0.2, -0.15) is 0 Å². The van der Waals surface area contributed by atoms with E-state index in [0.29, 0.717) is 27.8 Å². The van der Waals surface area contributed by atoms with Crippen molar-refractivity contribution in [1.82, 2.24) is 14.9 Å². The van der Waals surface area contributed by atoms with Crippen molar-refractivity contribution in [1.29, 1.82) is 0 Å². The summed E-state index contributed by atoms with van der Waals surface area (Å²) in [5.74, 6) is 0.509. The third kappa shape index (κ3) is 4.47. The molecule has 0 aliphatic rings. The highest BCUT2D eigenvalue weighted by atomic mass is 35.5. The van der Waals surface area contributed by atoms with E-state index in [2.05, 4.69) is 10.3 Å². The van der Waals surface area contributed by atoms with Crippen LogP contribution in [0.5, 0.6) is 11.5 Å². The second-order valence-corrected chi connectivity index (χ2v) is 7.62. The number of hydrogen-bond donors (Lipinski definition) is 2. The molecule has 3 aromatic carbocycles. The van der Waals surface area contributed by atoms with Gasteiger partial charge in [0.1, 0.15) is 0 Å². The van der Waals surface area contributed by atoms with Gasteiger partial charge in [0.05, 0.1) is 30.8 Å². The van der Waals surface area contributed by atoms with Crippen molar-refractivity contribution in [3.63, 3.8) is 0 Å². The summed E-state index contributed by atoms with van der Waals surface area (Å²) < 4.78 is 11.5. The van der Waals surface area contributed by atoms with Gasteiger partial charge in [-0.15, -0.1) is 0 Å². The zero-order chi connectivity index (χ0) is 23.5. The molecule has 8 nitrogen and oxygen atoms in total. The molecule has 1 amide bonds. The summed E-state index contributed by atoms with van der Waals surface area (Å²) in [7, 11) is 2.96. The van der Waals surface area contributed by atoms with Crippen LogP contribution >= 0.6 is 11.6 Å². The quantitative estimate of drug-likeness (QED) is 0.455. The fourth-order valence-electron chi connectivity index (χ4n) is 3.49. The van der Waals surface area contributed by atoms with Crippen LogP contribution in [0.1, 0.15) is 15.9 Å². The van der Waals surface area contributed by atoms with Crippen LogP contribution in [-0.2, 0) is 6.54 Å². The van der Waals surface area contributed by atoms with Crippen molar-refractivity contribution in [3.05, 3.63) is 97.7 Å². The second-order valence-electron chi connectivity index (χ2n) is 7.18. The normalized spacial score (nSPS) is 10.8. The Morgan fingerprint density at radius 1 is 1.00 bits per heavy atom. The van der Waals surface area contributed by atoms with E-state index in [9.17, 15) is 14.4 Å². The highest BCUT2D eigenvalue weighted by Gasteiger charge is 2.14. The third-order valence-electron chi connectivity index (χ3n) is 5.13.